The van der Waals surface area contributed by atoms with Crippen LogP contribution >= 0.6 is 11.3 Å². The number of hydrogen-bond donors (Lipinski definition) is 1. The lowest BCUT2D eigenvalue weighted by atomic mass is 10.2. The van der Waals surface area contributed by atoms with Gasteiger partial charge >= 0.3 is 0 Å². The van der Waals surface area contributed by atoms with Crippen LogP contribution in [0.4, 0.5) is 0 Å². The van der Waals surface area contributed by atoms with Gasteiger partial charge in [0.25, 0.3) is 0 Å². The molecule has 2 N–H and O–H groups in total. The fourth-order valence-corrected chi connectivity index (χ4v) is 1.64. The lowest BCUT2D eigenvalue weighted by Gasteiger charge is -1.98. The summed E-state index contributed by atoms with van der Waals surface area (Å²) < 4.78 is 0. The first kappa shape index (κ1) is 9.23. The van der Waals surface area contributed by atoms with Crippen LogP contribution in [0.2, 0.25) is 0 Å². The zero-order chi connectivity index (χ0) is 9.80. The second-order valence-electron chi connectivity index (χ2n) is 2.83. The van der Waals surface area contributed by atoms with Gasteiger partial charge < -0.3 is 5.73 Å². The fraction of sp³-hybridized carbons (Fsp3) is 0.222. The van der Waals surface area contributed by atoms with Gasteiger partial charge in [-0.05, 0) is 18.5 Å². The molecule has 0 aliphatic rings. The van der Waals surface area contributed by atoms with Crippen LogP contribution < -0.4 is 5.73 Å². The second kappa shape index (κ2) is 4.26. The quantitative estimate of drug-likeness (QED) is 0.816. The van der Waals surface area contributed by atoms with E-state index in [0.29, 0.717) is 12.4 Å². The summed E-state index contributed by atoms with van der Waals surface area (Å²) in [5, 5.41) is 1.93. The average Bonchev–Trinajstić information content (AvgIpc) is 2.72. The maximum atomic E-state index is 5.43. The summed E-state index contributed by atoms with van der Waals surface area (Å²) in [4.78, 5) is 12.6. The molecule has 0 atom stereocenters. The van der Waals surface area contributed by atoms with Crippen molar-refractivity contribution in [1.82, 2.24) is 15.0 Å². The standard InChI is InChI=1S/C9H10N4S/c10-2-1-7-3-11-9(12-4-7)8-5-14-6-13-8/h3-6H,1-2,10H2. The van der Waals surface area contributed by atoms with E-state index >= 15 is 0 Å². The van der Waals surface area contributed by atoms with Crippen LogP contribution in [0, 0.1) is 0 Å². The maximum Gasteiger partial charge on any atom is 0.178 e. The fourth-order valence-electron chi connectivity index (χ4n) is 1.11. The van der Waals surface area contributed by atoms with Crippen LogP contribution in [-0.2, 0) is 6.42 Å². The van der Waals surface area contributed by atoms with Crippen LogP contribution in [0.1, 0.15) is 5.56 Å². The molecule has 0 spiro atoms. The summed E-state index contributed by atoms with van der Waals surface area (Å²) in [7, 11) is 0. The van der Waals surface area contributed by atoms with Crippen LogP contribution in [-0.4, -0.2) is 21.5 Å². The Balaban J connectivity index is 2.22. The van der Waals surface area contributed by atoms with Crippen molar-refractivity contribution in [3.8, 4) is 11.5 Å². The minimum absolute atomic E-state index is 0.624. The summed E-state index contributed by atoms with van der Waals surface area (Å²) in [6, 6.07) is 0. The van der Waals surface area contributed by atoms with Gasteiger partial charge in [0.05, 0.1) is 5.51 Å². The zero-order valence-corrected chi connectivity index (χ0v) is 8.37. The summed E-state index contributed by atoms with van der Waals surface area (Å²) >= 11 is 1.54. The van der Waals surface area contributed by atoms with Gasteiger partial charge in [0, 0.05) is 17.8 Å². The molecule has 0 aliphatic carbocycles. The lowest BCUT2D eigenvalue weighted by molar-refractivity contribution is 0.942. The Morgan fingerprint density at radius 1 is 1.21 bits per heavy atom. The Bertz CT molecular complexity index is 382. The molecule has 0 radical (unpaired) electrons. The first-order valence-corrected chi connectivity index (χ1v) is 5.24. The van der Waals surface area contributed by atoms with Crippen molar-refractivity contribution >= 4 is 11.3 Å². The van der Waals surface area contributed by atoms with Crippen LogP contribution in [0.15, 0.2) is 23.3 Å². The van der Waals surface area contributed by atoms with Gasteiger partial charge in [-0.25, -0.2) is 15.0 Å². The van der Waals surface area contributed by atoms with Crippen molar-refractivity contribution in [3.05, 3.63) is 28.8 Å². The van der Waals surface area contributed by atoms with Gasteiger partial charge in [0.2, 0.25) is 0 Å². The highest BCUT2D eigenvalue weighted by Crippen LogP contribution is 2.13. The molecular weight excluding hydrogens is 196 g/mol. The molecule has 0 fully saturated rings. The van der Waals surface area contributed by atoms with Gasteiger partial charge in [0.15, 0.2) is 5.82 Å². The third-order valence-electron chi connectivity index (χ3n) is 1.80. The molecule has 2 heterocycles. The number of thiazole rings is 1. The van der Waals surface area contributed by atoms with Crippen LogP contribution in [0.3, 0.4) is 0 Å². The van der Waals surface area contributed by atoms with Crippen molar-refractivity contribution in [1.29, 1.82) is 0 Å². The maximum absolute atomic E-state index is 5.43. The molecule has 0 amide bonds. The van der Waals surface area contributed by atoms with E-state index in [-0.39, 0.29) is 0 Å². The van der Waals surface area contributed by atoms with Crippen molar-refractivity contribution in [3.63, 3.8) is 0 Å². The molecule has 2 aromatic rings. The normalized spacial score (nSPS) is 10.4. The van der Waals surface area contributed by atoms with E-state index in [1.165, 1.54) is 11.3 Å². The van der Waals surface area contributed by atoms with E-state index in [1.54, 1.807) is 17.9 Å². The van der Waals surface area contributed by atoms with Gasteiger partial charge in [0.1, 0.15) is 5.69 Å². The zero-order valence-electron chi connectivity index (χ0n) is 7.55. The van der Waals surface area contributed by atoms with Gasteiger partial charge in [-0.15, -0.1) is 11.3 Å². The summed E-state index contributed by atoms with van der Waals surface area (Å²) in [5.74, 6) is 0.673. The molecule has 0 aromatic carbocycles. The number of nitrogens with two attached hydrogens (primary N) is 1. The second-order valence-corrected chi connectivity index (χ2v) is 3.55. The number of hydrogen-bond acceptors (Lipinski definition) is 5. The topological polar surface area (TPSA) is 64.7 Å². The predicted molar refractivity (Wildman–Crippen MR) is 55.9 cm³/mol. The summed E-state index contributed by atoms with van der Waals surface area (Å²) in [6.45, 7) is 0.624. The molecular formula is C9H10N4S. The first-order valence-electron chi connectivity index (χ1n) is 4.29. The highest BCUT2D eigenvalue weighted by atomic mass is 32.1. The molecule has 2 rings (SSSR count). The summed E-state index contributed by atoms with van der Waals surface area (Å²) in [5.41, 5.74) is 9.09. The molecule has 0 bridgehead atoms. The largest absolute Gasteiger partial charge is 0.330 e. The molecule has 0 saturated carbocycles. The highest BCUT2D eigenvalue weighted by Gasteiger charge is 2.02. The molecule has 0 saturated heterocycles. The Labute approximate surface area is 85.9 Å². The van der Waals surface area contributed by atoms with E-state index < -0.39 is 0 Å². The Morgan fingerprint density at radius 3 is 2.57 bits per heavy atom. The smallest absolute Gasteiger partial charge is 0.178 e. The third-order valence-corrected chi connectivity index (χ3v) is 2.39. The number of nitrogens with zero attached hydrogens (tertiary/aromatic N) is 3. The van der Waals surface area contributed by atoms with Crippen LogP contribution in [0.5, 0.6) is 0 Å². The van der Waals surface area contributed by atoms with Crippen molar-refractivity contribution in [2.45, 2.75) is 6.42 Å². The molecule has 0 unspecified atom stereocenters. The first-order chi connectivity index (χ1) is 6.90. The molecule has 4 nitrogen and oxygen atoms in total. The highest BCUT2D eigenvalue weighted by molar-refractivity contribution is 7.07. The van der Waals surface area contributed by atoms with Gasteiger partial charge in [-0.3, -0.25) is 0 Å². The van der Waals surface area contributed by atoms with Crippen molar-refractivity contribution < 1.29 is 0 Å². The molecule has 0 aliphatic heterocycles. The Hall–Kier alpha value is -1.33. The van der Waals surface area contributed by atoms with E-state index in [9.17, 15) is 0 Å². The van der Waals surface area contributed by atoms with Gasteiger partial charge in [-0.1, -0.05) is 0 Å². The van der Waals surface area contributed by atoms with Crippen molar-refractivity contribution in [2.75, 3.05) is 6.54 Å². The average molecular weight is 206 g/mol. The van der Waals surface area contributed by atoms with Crippen LogP contribution in [0.25, 0.3) is 11.5 Å². The number of rotatable bonds is 3. The van der Waals surface area contributed by atoms with Crippen molar-refractivity contribution in [2.24, 2.45) is 5.73 Å². The molecule has 72 valence electrons. The molecule has 5 heteroatoms. The lowest BCUT2D eigenvalue weighted by Crippen LogP contribution is -2.03. The SMILES string of the molecule is NCCc1cnc(-c2cscn2)nc1. The minimum atomic E-state index is 0.624. The molecule has 14 heavy (non-hydrogen) atoms. The Morgan fingerprint density at radius 2 is 2.00 bits per heavy atom. The molecule has 2 aromatic heterocycles. The monoisotopic (exact) mass is 206 g/mol. The van der Waals surface area contributed by atoms with E-state index in [2.05, 4.69) is 15.0 Å². The van der Waals surface area contributed by atoms with E-state index in [1.807, 2.05) is 5.38 Å². The third kappa shape index (κ3) is 1.94. The van der Waals surface area contributed by atoms with Gasteiger partial charge in [-0.2, -0.15) is 0 Å². The number of aromatic nitrogens is 3. The van der Waals surface area contributed by atoms with E-state index in [4.69, 9.17) is 5.73 Å². The predicted octanol–water partition coefficient (Wildman–Crippen LogP) is 1.10. The summed E-state index contributed by atoms with van der Waals surface area (Å²) in [6.07, 6.45) is 4.42. The minimum Gasteiger partial charge on any atom is -0.330 e. The Kier molecular flexibility index (Phi) is 2.81. The van der Waals surface area contributed by atoms with E-state index in [0.717, 1.165) is 17.7 Å².